The third-order valence-electron chi connectivity index (χ3n) is 5.70. The van der Waals surface area contributed by atoms with Gasteiger partial charge in [-0.25, -0.2) is 4.79 Å². The van der Waals surface area contributed by atoms with Crippen LogP contribution in [0.1, 0.15) is 13.3 Å². The van der Waals surface area contributed by atoms with Crippen molar-refractivity contribution in [3.8, 4) is 11.5 Å². The summed E-state index contributed by atoms with van der Waals surface area (Å²) in [7, 11) is 3.13. The molecule has 166 valence electrons. The van der Waals surface area contributed by atoms with Gasteiger partial charge in [-0.15, -0.1) is 0 Å². The van der Waals surface area contributed by atoms with E-state index < -0.39 is 0 Å². The molecule has 0 radical (unpaired) electrons. The molecule has 0 aliphatic carbocycles. The summed E-state index contributed by atoms with van der Waals surface area (Å²) in [6, 6.07) is 5.08. The number of hydrogen-bond donors (Lipinski definition) is 1. The topological polar surface area (TPSA) is 83.6 Å². The van der Waals surface area contributed by atoms with E-state index in [1.54, 1.807) is 44.2 Å². The van der Waals surface area contributed by atoms with Crippen LogP contribution in [0.4, 0.5) is 10.5 Å². The number of carbonyl (C=O) groups excluding carboxylic acids is 2. The Morgan fingerprint density at radius 3 is 2.63 bits per heavy atom. The molecule has 3 amide bonds. The Bertz CT molecular complexity index is 738. The third-order valence-corrected chi connectivity index (χ3v) is 5.70. The van der Waals surface area contributed by atoms with Gasteiger partial charge in [-0.2, -0.15) is 0 Å². The highest BCUT2D eigenvalue weighted by molar-refractivity contribution is 5.91. The molecule has 2 saturated heterocycles. The van der Waals surface area contributed by atoms with E-state index in [2.05, 4.69) is 10.2 Å². The van der Waals surface area contributed by atoms with E-state index in [0.29, 0.717) is 36.8 Å². The van der Waals surface area contributed by atoms with Gasteiger partial charge >= 0.3 is 6.03 Å². The maximum atomic E-state index is 12.8. The monoisotopic (exact) mass is 420 g/mol. The number of rotatable bonds is 7. The van der Waals surface area contributed by atoms with E-state index in [-0.39, 0.29) is 18.0 Å². The molecule has 0 aromatic heterocycles. The van der Waals surface area contributed by atoms with Crippen LogP contribution in [0.15, 0.2) is 18.2 Å². The Morgan fingerprint density at radius 2 is 1.97 bits per heavy atom. The van der Waals surface area contributed by atoms with Gasteiger partial charge in [-0.3, -0.25) is 9.69 Å². The maximum Gasteiger partial charge on any atom is 0.322 e. The molecule has 2 heterocycles. The van der Waals surface area contributed by atoms with E-state index in [1.165, 1.54) is 0 Å². The van der Waals surface area contributed by atoms with E-state index in [9.17, 15) is 9.59 Å². The number of ether oxygens (including phenoxy) is 3. The van der Waals surface area contributed by atoms with Crippen molar-refractivity contribution in [3.63, 3.8) is 0 Å². The quantitative estimate of drug-likeness (QED) is 0.720. The number of hydrogen-bond acceptors (Lipinski definition) is 6. The Hall–Kier alpha value is -2.52. The molecule has 2 aliphatic rings. The molecule has 0 saturated carbocycles. The minimum atomic E-state index is -0.208. The lowest BCUT2D eigenvalue weighted by atomic mass is 10.2. The molecule has 1 atom stereocenters. The highest BCUT2D eigenvalue weighted by Crippen LogP contribution is 2.29. The van der Waals surface area contributed by atoms with Crippen LogP contribution in [0.5, 0.6) is 11.5 Å². The number of nitrogens with zero attached hydrogens (tertiary/aromatic N) is 3. The number of anilines is 1. The van der Waals surface area contributed by atoms with Crippen LogP contribution < -0.4 is 14.8 Å². The Balaban J connectivity index is 1.57. The summed E-state index contributed by atoms with van der Waals surface area (Å²) in [5, 5.41) is 2.91. The minimum Gasteiger partial charge on any atom is -0.497 e. The molecule has 2 fully saturated rings. The lowest BCUT2D eigenvalue weighted by Crippen LogP contribution is -2.47. The van der Waals surface area contributed by atoms with Gasteiger partial charge in [0.25, 0.3) is 0 Å². The standard InChI is InChI=1S/C21H32N4O5/c1-16(26)25(9-8-23-10-12-30-13-11-23)17-6-7-24(15-17)21(27)22-19-14-18(28-2)4-5-20(19)29-3/h4-5,14,17H,6-13,15H2,1-3H3,(H,22,27). The molecule has 0 spiro atoms. The molecule has 3 rings (SSSR count). The predicted octanol–water partition coefficient (Wildman–Crippen LogP) is 1.49. The van der Waals surface area contributed by atoms with Crippen molar-refractivity contribution in [3.05, 3.63) is 18.2 Å². The maximum absolute atomic E-state index is 12.8. The van der Waals surface area contributed by atoms with E-state index in [4.69, 9.17) is 14.2 Å². The zero-order valence-corrected chi connectivity index (χ0v) is 18.1. The highest BCUT2D eigenvalue weighted by Gasteiger charge is 2.32. The van der Waals surface area contributed by atoms with Crippen LogP contribution in [0.25, 0.3) is 0 Å². The first-order valence-electron chi connectivity index (χ1n) is 10.4. The fourth-order valence-electron chi connectivity index (χ4n) is 3.96. The van der Waals surface area contributed by atoms with Gasteiger partial charge in [0.1, 0.15) is 11.5 Å². The van der Waals surface area contributed by atoms with Gasteiger partial charge in [0.05, 0.1) is 39.2 Å². The first-order valence-corrected chi connectivity index (χ1v) is 10.4. The van der Waals surface area contributed by atoms with Gasteiger partial charge in [0.15, 0.2) is 0 Å². The van der Waals surface area contributed by atoms with Gasteiger partial charge in [-0.1, -0.05) is 0 Å². The van der Waals surface area contributed by atoms with Crippen molar-refractivity contribution in [1.82, 2.24) is 14.7 Å². The number of nitrogens with one attached hydrogen (secondary N) is 1. The van der Waals surface area contributed by atoms with Crippen LogP contribution >= 0.6 is 0 Å². The fourth-order valence-corrected chi connectivity index (χ4v) is 3.96. The summed E-state index contributed by atoms with van der Waals surface area (Å²) >= 11 is 0. The summed E-state index contributed by atoms with van der Waals surface area (Å²) in [5.74, 6) is 1.25. The van der Waals surface area contributed by atoms with Crippen LogP contribution in [-0.2, 0) is 9.53 Å². The fraction of sp³-hybridized carbons (Fsp3) is 0.619. The molecule has 9 heteroatoms. The number of morpholine rings is 1. The van der Waals surface area contributed by atoms with Crippen molar-refractivity contribution in [2.75, 3.05) is 72.0 Å². The minimum absolute atomic E-state index is 0.0292. The zero-order chi connectivity index (χ0) is 21.5. The van der Waals surface area contributed by atoms with Crippen molar-refractivity contribution < 1.29 is 23.8 Å². The molecule has 2 aliphatic heterocycles. The molecule has 30 heavy (non-hydrogen) atoms. The summed E-state index contributed by atoms with van der Waals surface area (Å²) in [4.78, 5) is 31.0. The van der Waals surface area contributed by atoms with Crippen LogP contribution in [0.2, 0.25) is 0 Å². The summed E-state index contributed by atoms with van der Waals surface area (Å²) in [6.45, 7) is 7.48. The Labute approximate surface area is 177 Å². The van der Waals surface area contributed by atoms with Crippen LogP contribution in [0.3, 0.4) is 0 Å². The zero-order valence-electron chi connectivity index (χ0n) is 18.1. The molecule has 1 unspecified atom stereocenters. The van der Waals surface area contributed by atoms with Gasteiger partial charge in [0, 0.05) is 52.3 Å². The van der Waals surface area contributed by atoms with Crippen molar-refractivity contribution in [1.29, 1.82) is 0 Å². The van der Waals surface area contributed by atoms with Gasteiger partial charge in [-0.05, 0) is 18.6 Å². The highest BCUT2D eigenvalue weighted by atomic mass is 16.5. The van der Waals surface area contributed by atoms with Crippen molar-refractivity contribution in [2.24, 2.45) is 0 Å². The second-order valence-electron chi connectivity index (χ2n) is 7.55. The lowest BCUT2D eigenvalue weighted by molar-refractivity contribution is -0.131. The lowest BCUT2D eigenvalue weighted by Gasteiger charge is -2.32. The average molecular weight is 421 g/mol. The summed E-state index contributed by atoms with van der Waals surface area (Å²) < 4.78 is 16.0. The molecule has 1 aromatic carbocycles. The molecule has 0 bridgehead atoms. The Morgan fingerprint density at radius 1 is 1.20 bits per heavy atom. The molecule has 9 nitrogen and oxygen atoms in total. The van der Waals surface area contributed by atoms with Crippen LogP contribution in [0, 0.1) is 0 Å². The molecule has 1 N–H and O–H groups in total. The number of amides is 3. The smallest absolute Gasteiger partial charge is 0.322 e. The molecular formula is C21H32N4O5. The van der Waals surface area contributed by atoms with Gasteiger partial charge in [0.2, 0.25) is 5.91 Å². The third kappa shape index (κ3) is 5.54. The Kier molecular flexibility index (Phi) is 7.75. The van der Waals surface area contributed by atoms with Crippen molar-refractivity contribution >= 4 is 17.6 Å². The van der Waals surface area contributed by atoms with Gasteiger partial charge < -0.3 is 29.3 Å². The largest absolute Gasteiger partial charge is 0.497 e. The first-order chi connectivity index (χ1) is 14.5. The number of benzene rings is 1. The number of urea groups is 1. The normalized spacial score (nSPS) is 19.4. The van der Waals surface area contributed by atoms with Crippen LogP contribution in [-0.4, -0.2) is 99.4 Å². The molecular weight excluding hydrogens is 388 g/mol. The number of carbonyl (C=O) groups is 2. The van der Waals surface area contributed by atoms with E-state index in [0.717, 1.165) is 39.3 Å². The second-order valence-corrected chi connectivity index (χ2v) is 7.55. The second kappa shape index (κ2) is 10.5. The first kappa shape index (κ1) is 22.2. The van der Waals surface area contributed by atoms with E-state index >= 15 is 0 Å². The van der Waals surface area contributed by atoms with E-state index in [1.807, 2.05) is 4.90 Å². The predicted molar refractivity (Wildman–Crippen MR) is 113 cm³/mol. The summed E-state index contributed by atoms with van der Waals surface area (Å²) in [5.41, 5.74) is 0.557. The SMILES string of the molecule is COc1ccc(OC)c(NC(=O)N2CCC(N(CCN3CCOCC3)C(C)=O)C2)c1. The average Bonchev–Trinajstić information content (AvgIpc) is 3.24. The number of likely N-dealkylation sites (tertiary alicyclic amines) is 1. The summed E-state index contributed by atoms with van der Waals surface area (Å²) in [6.07, 6.45) is 0.769. The van der Waals surface area contributed by atoms with Crippen molar-refractivity contribution in [2.45, 2.75) is 19.4 Å². The number of methoxy groups -OCH3 is 2. The molecule has 1 aromatic rings.